The second-order valence-corrected chi connectivity index (χ2v) is 5.21. The highest BCUT2D eigenvalue weighted by molar-refractivity contribution is 5.95. The minimum absolute atomic E-state index is 0.157. The van der Waals surface area contributed by atoms with Crippen molar-refractivity contribution in [3.05, 3.63) is 11.6 Å². The number of esters is 2. The van der Waals surface area contributed by atoms with Crippen LogP contribution in [0.3, 0.4) is 0 Å². The van der Waals surface area contributed by atoms with E-state index in [2.05, 4.69) is 17.7 Å². The maximum atomic E-state index is 11.6. The van der Waals surface area contributed by atoms with Crippen LogP contribution in [-0.2, 0) is 19.1 Å². The molecule has 3 rings (SSSR count). The summed E-state index contributed by atoms with van der Waals surface area (Å²) in [5, 5.41) is 0. The van der Waals surface area contributed by atoms with Gasteiger partial charge in [0.25, 0.3) is 0 Å². The van der Waals surface area contributed by atoms with Gasteiger partial charge in [0.1, 0.15) is 0 Å². The third kappa shape index (κ3) is 1.71. The molecule has 4 atom stereocenters. The molecule has 0 aromatic rings. The van der Waals surface area contributed by atoms with Gasteiger partial charge in [-0.15, -0.1) is 0 Å². The van der Waals surface area contributed by atoms with Gasteiger partial charge in [-0.3, -0.25) is 9.59 Å². The number of fused-ring (bicyclic) bond motifs is 1. The zero-order chi connectivity index (χ0) is 12.0. The summed E-state index contributed by atoms with van der Waals surface area (Å²) in [6.45, 7) is 2.80. The van der Waals surface area contributed by atoms with E-state index >= 15 is 0 Å². The van der Waals surface area contributed by atoms with Crippen LogP contribution in [-0.4, -0.2) is 24.6 Å². The van der Waals surface area contributed by atoms with Crippen LogP contribution in [0.15, 0.2) is 11.6 Å². The molecule has 4 unspecified atom stereocenters. The van der Waals surface area contributed by atoms with Crippen molar-refractivity contribution in [2.24, 2.45) is 17.8 Å². The van der Waals surface area contributed by atoms with Crippen molar-refractivity contribution in [3.63, 3.8) is 0 Å². The van der Waals surface area contributed by atoms with Gasteiger partial charge in [-0.2, -0.15) is 0 Å². The van der Waals surface area contributed by atoms with Gasteiger partial charge >= 0.3 is 11.9 Å². The molecule has 0 aromatic heterocycles. The summed E-state index contributed by atoms with van der Waals surface area (Å²) in [6.07, 6.45) is 4.46. The van der Waals surface area contributed by atoms with E-state index < -0.39 is 11.9 Å². The molecular formula is C13H16O4. The molecule has 0 aromatic carbocycles. The van der Waals surface area contributed by atoms with Gasteiger partial charge in [-0.05, 0) is 25.7 Å². The lowest BCUT2D eigenvalue weighted by atomic mass is 9.75. The van der Waals surface area contributed by atoms with Gasteiger partial charge in [-0.1, -0.05) is 11.6 Å². The molecule has 0 amide bonds. The number of rotatable bonds is 1. The Kier molecular flexibility index (Phi) is 2.54. The van der Waals surface area contributed by atoms with E-state index in [4.69, 9.17) is 4.74 Å². The topological polar surface area (TPSA) is 52.6 Å². The Balaban J connectivity index is 1.84. The monoisotopic (exact) mass is 236 g/mol. The molecule has 92 valence electrons. The minimum atomic E-state index is -0.413. The smallest absolute Gasteiger partial charge is 0.319 e. The van der Waals surface area contributed by atoms with Crippen LogP contribution in [0.4, 0.5) is 0 Å². The Hall–Kier alpha value is -1.16. The highest BCUT2D eigenvalue weighted by atomic mass is 16.6. The molecule has 17 heavy (non-hydrogen) atoms. The highest BCUT2D eigenvalue weighted by Gasteiger charge is 2.49. The Morgan fingerprint density at radius 2 is 2.18 bits per heavy atom. The zero-order valence-corrected chi connectivity index (χ0v) is 9.85. The molecule has 1 aliphatic carbocycles. The summed E-state index contributed by atoms with van der Waals surface area (Å²) in [5.74, 6) is -0.400. The average molecular weight is 236 g/mol. The van der Waals surface area contributed by atoms with Gasteiger partial charge in [0.05, 0.1) is 25.0 Å². The summed E-state index contributed by atoms with van der Waals surface area (Å²) in [4.78, 5) is 22.8. The first-order valence-corrected chi connectivity index (χ1v) is 6.19. The number of hydrogen-bond donors (Lipinski definition) is 0. The van der Waals surface area contributed by atoms with Crippen LogP contribution in [0.2, 0.25) is 0 Å². The van der Waals surface area contributed by atoms with Crippen LogP contribution < -0.4 is 0 Å². The maximum absolute atomic E-state index is 11.6. The molecule has 0 spiro atoms. The van der Waals surface area contributed by atoms with E-state index in [1.54, 1.807) is 0 Å². The van der Waals surface area contributed by atoms with Crippen molar-refractivity contribution in [3.8, 4) is 0 Å². The van der Waals surface area contributed by atoms with Crippen LogP contribution in [0.5, 0.6) is 0 Å². The minimum Gasteiger partial charge on any atom is -0.393 e. The molecule has 0 N–H and O–H groups in total. The van der Waals surface area contributed by atoms with Crippen molar-refractivity contribution in [2.45, 2.75) is 32.3 Å². The van der Waals surface area contributed by atoms with Crippen molar-refractivity contribution in [1.82, 2.24) is 0 Å². The number of cyclic esters (lactones) is 2. The molecule has 4 heteroatoms. The maximum Gasteiger partial charge on any atom is 0.319 e. The molecule has 2 aliphatic heterocycles. The van der Waals surface area contributed by atoms with Crippen molar-refractivity contribution < 1.29 is 19.1 Å². The molecule has 3 aliphatic rings. The van der Waals surface area contributed by atoms with Crippen LogP contribution >= 0.6 is 0 Å². The van der Waals surface area contributed by atoms with E-state index in [1.165, 1.54) is 5.57 Å². The van der Waals surface area contributed by atoms with E-state index in [9.17, 15) is 9.59 Å². The summed E-state index contributed by atoms with van der Waals surface area (Å²) >= 11 is 0. The van der Waals surface area contributed by atoms with Crippen LogP contribution in [0, 0.1) is 17.8 Å². The predicted molar refractivity (Wildman–Crippen MR) is 58.9 cm³/mol. The van der Waals surface area contributed by atoms with Gasteiger partial charge in [0.15, 0.2) is 0 Å². The Morgan fingerprint density at radius 3 is 2.88 bits per heavy atom. The molecule has 0 bridgehead atoms. The van der Waals surface area contributed by atoms with E-state index in [0.717, 1.165) is 12.8 Å². The molecule has 0 saturated carbocycles. The fraction of sp³-hybridized carbons (Fsp3) is 0.692. The summed E-state index contributed by atoms with van der Waals surface area (Å²) in [5.41, 5.74) is 1.30. The lowest BCUT2D eigenvalue weighted by Crippen LogP contribution is -2.33. The summed E-state index contributed by atoms with van der Waals surface area (Å²) in [7, 11) is 0. The van der Waals surface area contributed by atoms with Crippen molar-refractivity contribution >= 4 is 11.9 Å². The van der Waals surface area contributed by atoms with Crippen LogP contribution in [0.25, 0.3) is 0 Å². The first kappa shape index (κ1) is 11.0. The third-order valence-electron chi connectivity index (χ3n) is 4.19. The quantitative estimate of drug-likeness (QED) is 0.393. The molecule has 2 fully saturated rings. The number of ether oxygens (including phenoxy) is 2. The number of carbonyl (C=O) groups is 2. The second kappa shape index (κ2) is 3.95. The SMILES string of the molecule is CC1=CCCC2COC(C3CC(=O)OC3=O)C12. The molecule has 2 saturated heterocycles. The molecule has 0 radical (unpaired) electrons. The second-order valence-electron chi connectivity index (χ2n) is 5.21. The Labute approximate surface area is 100.0 Å². The number of carbonyl (C=O) groups excluding carboxylic acids is 2. The molecular weight excluding hydrogens is 220 g/mol. The Bertz CT molecular complexity index is 398. The zero-order valence-electron chi connectivity index (χ0n) is 9.85. The highest BCUT2D eigenvalue weighted by Crippen LogP contribution is 2.43. The molecule has 2 heterocycles. The lowest BCUT2D eigenvalue weighted by Gasteiger charge is -2.28. The largest absolute Gasteiger partial charge is 0.393 e. The van der Waals surface area contributed by atoms with Gasteiger partial charge in [0.2, 0.25) is 0 Å². The summed E-state index contributed by atoms with van der Waals surface area (Å²) in [6, 6.07) is 0. The summed E-state index contributed by atoms with van der Waals surface area (Å²) < 4.78 is 10.4. The Morgan fingerprint density at radius 1 is 1.35 bits per heavy atom. The van der Waals surface area contributed by atoms with Crippen LogP contribution in [0.1, 0.15) is 26.2 Å². The number of hydrogen-bond acceptors (Lipinski definition) is 4. The average Bonchev–Trinajstić information content (AvgIpc) is 2.83. The van der Waals surface area contributed by atoms with E-state index in [1.807, 2.05) is 0 Å². The number of allylic oxidation sites excluding steroid dienone is 1. The molecule has 4 nitrogen and oxygen atoms in total. The van der Waals surface area contributed by atoms with Gasteiger partial charge in [-0.25, -0.2) is 0 Å². The van der Waals surface area contributed by atoms with Crippen molar-refractivity contribution in [1.29, 1.82) is 0 Å². The first-order chi connectivity index (χ1) is 8.16. The lowest BCUT2D eigenvalue weighted by molar-refractivity contribution is -0.154. The van der Waals surface area contributed by atoms with Gasteiger partial charge in [0, 0.05) is 5.92 Å². The van der Waals surface area contributed by atoms with E-state index in [0.29, 0.717) is 18.4 Å². The fourth-order valence-electron chi connectivity index (χ4n) is 3.37. The van der Waals surface area contributed by atoms with Crippen molar-refractivity contribution in [2.75, 3.05) is 6.61 Å². The normalized spacial score (nSPS) is 41.1. The first-order valence-electron chi connectivity index (χ1n) is 6.19. The fourth-order valence-corrected chi connectivity index (χ4v) is 3.37. The van der Waals surface area contributed by atoms with Gasteiger partial charge < -0.3 is 9.47 Å². The standard InChI is InChI=1S/C13H16O4/c1-7-3-2-4-8-6-16-12(11(7)8)9-5-10(14)17-13(9)15/h3,8-9,11-12H,2,4-6H2,1H3. The third-order valence-corrected chi connectivity index (χ3v) is 4.19. The van der Waals surface area contributed by atoms with E-state index in [-0.39, 0.29) is 18.4 Å². The predicted octanol–water partition coefficient (Wildman–Crippen LogP) is 1.45.